The fourth-order valence-corrected chi connectivity index (χ4v) is 2.51. The second kappa shape index (κ2) is 7.04. The van der Waals surface area contributed by atoms with Crippen LogP contribution in [-0.4, -0.2) is 34.7 Å². The predicted octanol–water partition coefficient (Wildman–Crippen LogP) is 2.36. The number of aryl methyl sites for hydroxylation is 1. The minimum absolute atomic E-state index is 0.0573. The van der Waals surface area contributed by atoms with Crippen LogP contribution in [0.3, 0.4) is 0 Å². The van der Waals surface area contributed by atoms with Gasteiger partial charge in [-0.3, -0.25) is 9.48 Å². The molecule has 130 valence electrons. The van der Waals surface area contributed by atoms with E-state index in [2.05, 4.69) is 10.4 Å². The molecule has 2 rings (SSSR count). The zero-order chi connectivity index (χ0) is 17.9. The second-order valence-electron chi connectivity index (χ2n) is 5.52. The number of aromatic nitrogens is 2. The third kappa shape index (κ3) is 3.94. The topological polar surface area (TPSA) is 50.2 Å². The number of carbonyl (C=O) groups excluding carboxylic acids is 1. The number of alkyl halides is 3. The van der Waals surface area contributed by atoms with Gasteiger partial charge in [-0.1, -0.05) is 18.2 Å². The Labute approximate surface area is 138 Å². The molecule has 1 aromatic heterocycles. The molecule has 8 heteroatoms. The number of likely N-dealkylation sites (N-methyl/N-ethyl adjacent to an activating group) is 2. The summed E-state index contributed by atoms with van der Waals surface area (Å²) >= 11 is 0. The van der Waals surface area contributed by atoms with Crippen LogP contribution in [0.15, 0.2) is 36.7 Å². The normalized spacial score (nSPS) is 12.9. The SMILES string of the molecule is CNC(C(=O)N(C)Cc1ccccc1C(F)(F)F)c1cnn(C)c1. The van der Waals surface area contributed by atoms with Crippen molar-refractivity contribution in [2.75, 3.05) is 14.1 Å². The number of amides is 1. The molecule has 0 bridgehead atoms. The molecule has 1 aromatic carbocycles. The van der Waals surface area contributed by atoms with Crippen molar-refractivity contribution in [1.29, 1.82) is 0 Å². The van der Waals surface area contributed by atoms with Crippen molar-refractivity contribution < 1.29 is 18.0 Å². The zero-order valence-electron chi connectivity index (χ0n) is 13.6. The predicted molar refractivity (Wildman–Crippen MR) is 82.9 cm³/mol. The molecule has 0 fully saturated rings. The van der Waals surface area contributed by atoms with E-state index in [1.54, 1.807) is 31.2 Å². The minimum atomic E-state index is -4.45. The third-order valence-corrected chi connectivity index (χ3v) is 3.70. The number of benzene rings is 1. The summed E-state index contributed by atoms with van der Waals surface area (Å²) < 4.78 is 40.8. The van der Waals surface area contributed by atoms with Crippen molar-refractivity contribution >= 4 is 5.91 Å². The molecule has 0 radical (unpaired) electrons. The van der Waals surface area contributed by atoms with Crippen molar-refractivity contribution in [3.8, 4) is 0 Å². The average Bonchev–Trinajstić information content (AvgIpc) is 2.93. The number of nitrogens with zero attached hydrogens (tertiary/aromatic N) is 3. The summed E-state index contributed by atoms with van der Waals surface area (Å²) in [6.45, 7) is -0.132. The minimum Gasteiger partial charge on any atom is -0.340 e. The standard InChI is InChI=1S/C16H19F3N4O/c1-20-14(12-8-21-23(3)10-12)15(24)22(2)9-11-6-4-5-7-13(11)16(17,18)19/h4-8,10,14,20H,9H2,1-3H3. The lowest BCUT2D eigenvalue weighted by atomic mass is 10.1. The van der Waals surface area contributed by atoms with Crippen LogP contribution in [0.4, 0.5) is 13.2 Å². The van der Waals surface area contributed by atoms with Gasteiger partial charge in [-0.2, -0.15) is 18.3 Å². The lowest BCUT2D eigenvalue weighted by Gasteiger charge is -2.24. The number of rotatable bonds is 5. The highest BCUT2D eigenvalue weighted by atomic mass is 19.4. The summed E-state index contributed by atoms with van der Waals surface area (Å²) in [5.41, 5.74) is -0.0186. The Balaban J connectivity index is 2.20. The summed E-state index contributed by atoms with van der Waals surface area (Å²) in [6.07, 6.45) is -1.21. The third-order valence-electron chi connectivity index (χ3n) is 3.70. The Morgan fingerprint density at radius 2 is 2.04 bits per heavy atom. The number of hydrogen-bond acceptors (Lipinski definition) is 3. The summed E-state index contributed by atoms with van der Waals surface area (Å²) in [6, 6.07) is 4.59. The van der Waals surface area contributed by atoms with Crippen LogP contribution in [-0.2, 0) is 24.6 Å². The summed E-state index contributed by atoms with van der Waals surface area (Å²) in [5.74, 6) is -0.331. The van der Waals surface area contributed by atoms with Crippen LogP contribution in [0.25, 0.3) is 0 Å². The molecule has 0 saturated carbocycles. The molecular weight excluding hydrogens is 321 g/mol. The number of nitrogens with one attached hydrogen (secondary N) is 1. The molecule has 0 aliphatic carbocycles. The van der Waals surface area contributed by atoms with Gasteiger partial charge in [-0.05, 0) is 18.7 Å². The van der Waals surface area contributed by atoms with Gasteiger partial charge >= 0.3 is 6.18 Å². The summed E-state index contributed by atoms with van der Waals surface area (Å²) in [5, 5.41) is 6.89. The molecule has 1 amide bonds. The highest BCUT2D eigenvalue weighted by Gasteiger charge is 2.33. The number of carbonyl (C=O) groups is 1. The summed E-state index contributed by atoms with van der Waals surface area (Å²) in [4.78, 5) is 13.9. The van der Waals surface area contributed by atoms with E-state index >= 15 is 0 Å². The molecule has 2 aromatic rings. The maximum Gasteiger partial charge on any atom is 0.416 e. The molecule has 0 aliphatic heterocycles. The van der Waals surface area contributed by atoms with Crippen molar-refractivity contribution in [3.05, 3.63) is 53.3 Å². The molecule has 1 atom stereocenters. The maximum atomic E-state index is 13.1. The molecule has 0 spiro atoms. The first-order valence-electron chi connectivity index (χ1n) is 7.30. The van der Waals surface area contributed by atoms with Crippen LogP contribution >= 0.6 is 0 Å². The zero-order valence-corrected chi connectivity index (χ0v) is 13.6. The largest absolute Gasteiger partial charge is 0.416 e. The second-order valence-corrected chi connectivity index (χ2v) is 5.52. The van der Waals surface area contributed by atoms with Crippen molar-refractivity contribution in [1.82, 2.24) is 20.0 Å². The van der Waals surface area contributed by atoms with Gasteiger partial charge in [-0.15, -0.1) is 0 Å². The number of hydrogen-bond donors (Lipinski definition) is 1. The highest BCUT2D eigenvalue weighted by molar-refractivity contribution is 5.83. The van der Waals surface area contributed by atoms with E-state index in [1.807, 2.05) is 0 Å². The van der Waals surface area contributed by atoms with Crippen LogP contribution in [0.2, 0.25) is 0 Å². The Hall–Kier alpha value is -2.35. The molecular formula is C16H19F3N4O. The van der Waals surface area contributed by atoms with E-state index in [0.717, 1.165) is 6.07 Å². The Bertz CT molecular complexity index is 711. The highest BCUT2D eigenvalue weighted by Crippen LogP contribution is 2.32. The molecule has 24 heavy (non-hydrogen) atoms. The maximum absolute atomic E-state index is 13.1. The first-order chi connectivity index (χ1) is 11.2. The van der Waals surface area contributed by atoms with Crippen LogP contribution < -0.4 is 5.32 Å². The van der Waals surface area contributed by atoms with Gasteiger partial charge in [-0.25, -0.2) is 0 Å². The van der Waals surface area contributed by atoms with Crippen molar-refractivity contribution in [2.45, 2.75) is 18.8 Å². The van der Waals surface area contributed by atoms with Crippen LogP contribution in [0.5, 0.6) is 0 Å². The molecule has 5 nitrogen and oxygen atoms in total. The molecule has 1 heterocycles. The van der Waals surface area contributed by atoms with Gasteiger partial charge in [0.15, 0.2) is 0 Å². The smallest absolute Gasteiger partial charge is 0.340 e. The van der Waals surface area contributed by atoms with Gasteiger partial charge in [0, 0.05) is 32.4 Å². The molecule has 1 N–H and O–H groups in total. The van der Waals surface area contributed by atoms with Gasteiger partial charge in [0.1, 0.15) is 6.04 Å². The first-order valence-corrected chi connectivity index (χ1v) is 7.30. The van der Waals surface area contributed by atoms with Crippen LogP contribution in [0, 0.1) is 0 Å². The summed E-state index contributed by atoms with van der Waals surface area (Å²) in [7, 11) is 4.83. The number of halogens is 3. The Morgan fingerprint density at radius 3 is 2.58 bits per heavy atom. The Kier molecular flexibility index (Phi) is 5.28. The fourth-order valence-electron chi connectivity index (χ4n) is 2.51. The molecule has 1 unspecified atom stereocenters. The van der Waals surface area contributed by atoms with Crippen LogP contribution in [0.1, 0.15) is 22.7 Å². The molecule has 0 saturated heterocycles. The molecule has 0 aliphatic rings. The Morgan fingerprint density at radius 1 is 1.38 bits per heavy atom. The fraction of sp³-hybridized carbons (Fsp3) is 0.375. The van der Waals surface area contributed by atoms with E-state index in [1.165, 1.54) is 30.1 Å². The van der Waals surface area contributed by atoms with E-state index < -0.39 is 17.8 Å². The van der Waals surface area contributed by atoms with Crippen molar-refractivity contribution in [3.63, 3.8) is 0 Å². The van der Waals surface area contributed by atoms with E-state index in [9.17, 15) is 18.0 Å². The van der Waals surface area contributed by atoms with Gasteiger partial charge in [0.2, 0.25) is 5.91 Å². The van der Waals surface area contributed by atoms with Gasteiger partial charge < -0.3 is 10.2 Å². The lowest BCUT2D eigenvalue weighted by molar-refractivity contribution is -0.140. The van der Waals surface area contributed by atoms with Gasteiger partial charge in [0.05, 0.1) is 11.8 Å². The van der Waals surface area contributed by atoms with E-state index in [0.29, 0.717) is 5.56 Å². The monoisotopic (exact) mass is 340 g/mol. The van der Waals surface area contributed by atoms with E-state index in [4.69, 9.17) is 0 Å². The van der Waals surface area contributed by atoms with E-state index in [-0.39, 0.29) is 18.0 Å². The first kappa shape index (κ1) is 18.0. The average molecular weight is 340 g/mol. The van der Waals surface area contributed by atoms with Crippen molar-refractivity contribution in [2.24, 2.45) is 7.05 Å². The van der Waals surface area contributed by atoms with Gasteiger partial charge in [0.25, 0.3) is 0 Å². The quantitative estimate of drug-likeness (QED) is 0.909. The lowest BCUT2D eigenvalue weighted by Crippen LogP contribution is -2.37.